The predicted octanol–water partition coefficient (Wildman–Crippen LogP) is 2.13. The molecule has 23 heavy (non-hydrogen) atoms. The summed E-state index contributed by atoms with van der Waals surface area (Å²) in [6.07, 6.45) is 3.47. The normalized spacial score (nSPS) is 10.0. The van der Waals surface area contributed by atoms with Gasteiger partial charge in [0.25, 0.3) is 5.91 Å². The Hall–Kier alpha value is -2.24. The topological polar surface area (TPSA) is 76.7 Å². The molecule has 1 rings (SSSR count). The van der Waals surface area contributed by atoms with Crippen LogP contribution in [0.3, 0.4) is 0 Å². The number of unbranched alkanes of at least 4 members (excludes halogenated alkanes) is 2. The van der Waals surface area contributed by atoms with Crippen LogP contribution >= 0.6 is 0 Å². The molecule has 6 nitrogen and oxygen atoms in total. The minimum absolute atomic E-state index is 0.0513. The maximum absolute atomic E-state index is 12.1. The van der Waals surface area contributed by atoms with E-state index in [2.05, 4.69) is 17.6 Å². The number of rotatable bonds is 10. The first-order valence-electron chi connectivity index (χ1n) is 7.88. The van der Waals surface area contributed by atoms with Crippen LogP contribution in [0.2, 0.25) is 0 Å². The van der Waals surface area contributed by atoms with Crippen molar-refractivity contribution < 1.29 is 19.1 Å². The molecule has 0 saturated carbocycles. The molecule has 0 unspecified atom stereocenters. The number of hydrogen-bond acceptors (Lipinski definition) is 4. The molecule has 0 atom stereocenters. The van der Waals surface area contributed by atoms with Gasteiger partial charge in [0.15, 0.2) is 0 Å². The molecule has 1 aromatic carbocycles. The van der Waals surface area contributed by atoms with Gasteiger partial charge in [-0.15, -0.1) is 0 Å². The highest BCUT2D eigenvalue weighted by Crippen LogP contribution is 2.22. The number of amides is 2. The monoisotopic (exact) mass is 322 g/mol. The molecule has 2 N–H and O–H groups in total. The van der Waals surface area contributed by atoms with Gasteiger partial charge in [0.05, 0.1) is 14.2 Å². The van der Waals surface area contributed by atoms with Gasteiger partial charge in [0, 0.05) is 31.1 Å². The van der Waals surface area contributed by atoms with E-state index in [1.54, 1.807) is 18.2 Å². The third-order valence-electron chi connectivity index (χ3n) is 3.35. The van der Waals surface area contributed by atoms with Gasteiger partial charge >= 0.3 is 0 Å². The average Bonchev–Trinajstić information content (AvgIpc) is 2.58. The fourth-order valence-electron chi connectivity index (χ4n) is 2.02. The van der Waals surface area contributed by atoms with Crippen molar-refractivity contribution in [3.63, 3.8) is 0 Å². The highest BCUT2D eigenvalue weighted by atomic mass is 16.5. The Morgan fingerprint density at radius 2 is 1.61 bits per heavy atom. The number of methoxy groups -OCH3 is 2. The Morgan fingerprint density at radius 3 is 2.17 bits per heavy atom. The lowest BCUT2D eigenvalue weighted by Gasteiger charge is -2.09. The van der Waals surface area contributed by atoms with Crippen molar-refractivity contribution in [2.24, 2.45) is 0 Å². The quantitative estimate of drug-likeness (QED) is 0.647. The van der Waals surface area contributed by atoms with E-state index in [0.717, 1.165) is 19.3 Å². The van der Waals surface area contributed by atoms with Crippen LogP contribution in [0, 0.1) is 0 Å². The summed E-state index contributed by atoms with van der Waals surface area (Å²) in [4.78, 5) is 23.7. The zero-order valence-electron chi connectivity index (χ0n) is 14.1. The smallest absolute Gasteiger partial charge is 0.251 e. The van der Waals surface area contributed by atoms with E-state index < -0.39 is 0 Å². The summed E-state index contributed by atoms with van der Waals surface area (Å²) in [5.41, 5.74) is 0.435. The molecule has 0 fully saturated rings. The second kappa shape index (κ2) is 10.5. The van der Waals surface area contributed by atoms with Crippen LogP contribution in [0.4, 0.5) is 0 Å². The first-order chi connectivity index (χ1) is 11.1. The number of ether oxygens (including phenoxy) is 2. The molecule has 0 aliphatic carbocycles. The van der Waals surface area contributed by atoms with Crippen molar-refractivity contribution in [2.75, 3.05) is 27.3 Å². The molecule has 0 aromatic heterocycles. The number of carbonyl (C=O) groups excluding carboxylic acids is 2. The zero-order valence-corrected chi connectivity index (χ0v) is 14.1. The Kier molecular flexibility index (Phi) is 8.57. The molecule has 0 radical (unpaired) electrons. The maximum Gasteiger partial charge on any atom is 0.251 e. The summed E-state index contributed by atoms with van der Waals surface area (Å²) in [6.45, 7) is 3.09. The third-order valence-corrected chi connectivity index (χ3v) is 3.35. The summed E-state index contributed by atoms with van der Waals surface area (Å²) >= 11 is 0. The van der Waals surface area contributed by atoms with Crippen LogP contribution < -0.4 is 20.1 Å². The first kappa shape index (κ1) is 18.8. The van der Waals surface area contributed by atoms with Gasteiger partial charge < -0.3 is 20.1 Å². The lowest BCUT2D eigenvalue weighted by atomic mass is 10.2. The fourth-order valence-corrected chi connectivity index (χ4v) is 2.02. The Labute approximate surface area is 137 Å². The number of carbonyl (C=O) groups is 2. The molecule has 0 bridgehead atoms. The van der Waals surface area contributed by atoms with Crippen molar-refractivity contribution in [3.05, 3.63) is 23.8 Å². The first-order valence-corrected chi connectivity index (χ1v) is 7.88. The van der Waals surface area contributed by atoms with Crippen molar-refractivity contribution in [1.29, 1.82) is 0 Å². The number of benzene rings is 1. The highest BCUT2D eigenvalue weighted by Gasteiger charge is 2.10. The van der Waals surface area contributed by atoms with Crippen LogP contribution in [0.1, 0.15) is 43.0 Å². The molecule has 2 amide bonds. The largest absolute Gasteiger partial charge is 0.497 e. The number of nitrogens with one attached hydrogen (secondary N) is 2. The van der Waals surface area contributed by atoms with Crippen LogP contribution in [-0.2, 0) is 4.79 Å². The predicted molar refractivity (Wildman–Crippen MR) is 89.0 cm³/mol. The van der Waals surface area contributed by atoms with Gasteiger partial charge in [0.1, 0.15) is 11.5 Å². The van der Waals surface area contributed by atoms with Gasteiger partial charge in [-0.2, -0.15) is 0 Å². The van der Waals surface area contributed by atoms with E-state index in [1.165, 1.54) is 14.2 Å². The summed E-state index contributed by atoms with van der Waals surface area (Å²) < 4.78 is 10.3. The molecule has 0 saturated heterocycles. The standard InChI is InChI=1S/C17H26N2O4/c1-4-5-6-8-18-16(20)7-9-19-17(21)13-10-14(22-2)12-15(11-13)23-3/h10-12H,4-9H2,1-3H3,(H,18,20)(H,19,21). The average molecular weight is 322 g/mol. The number of hydrogen-bond donors (Lipinski definition) is 2. The van der Waals surface area contributed by atoms with Gasteiger partial charge in [-0.05, 0) is 18.6 Å². The summed E-state index contributed by atoms with van der Waals surface area (Å²) in [7, 11) is 3.05. The Bertz CT molecular complexity index is 495. The Balaban J connectivity index is 2.40. The molecule has 0 aliphatic rings. The van der Waals surface area contributed by atoms with E-state index in [9.17, 15) is 9.59 Å². The maximum atomic E-state index is 12.1. The highest BCUT2D eigenvalue weighted by molar-refractivity contribution is 5.95. The molecular weight excluding hydrogens is 296 g/mol. The minimum atomic E-state index is -0.263. The van der Waals surface area contributed by atoms with Crippen molar-refractivity contribution in [2.45, 2.75) is 32.6 Å². The summed E-state index contributed by atoms with van der Waals surface area (Å²) in [5.74, 6) is 0.775. The van der Waals surface area contributed by atoms with Crippen LogP contribution in [0.25, 0.3) is 0 Å². The van der Waals surface area contributed by atoms with Crippen molar-refractivity contribution in [3.8, 4) is 11.5 Å². The summed E-state index contributed by atoms with van der Waals surface area (Å²) in [6, 6.07) is 4.95. The van der Waals surface area contributed by atoms with Crippen molar-refractivity contribution in [1.82, 2.24) is 10.6 Å². The van der Waals surface area contributed by atoms with Gasteiger partial charge in [0.2, 0.25) is 5.91 Å². The minimum Gasteiger partial charge on any atom is -0.497 e. The fraction of sp³-hybridized carbons (Fsp3) is 0.529. The van der Waals surface area contributed by atoms with E-state index in [-0.39, 0.29) is 24.8 Å². The SMILES string of the molecule is CCCCCNC(=O)CCNC(=O)c1cc(OC)cc(OC)c1. The second-order valence-electron chi connectivity index (χ2n) is 5.16. The molecule has 1 aromatic rings. The van der Waals surface area contributed by atoms with Gasteiger partial charge in [-0.3, -0.25) is 9.59 Å². The van der Waals surface area contributed by atoms with E-state index in [4.69, 9.17) is 9.47 Å². The van der Waals surface area contributed by atoms with E-state index in [0.29, 0.717) is 23.6 Å². The van der Waals surface area contributed by atoms with Crippen LogP contribution in [0.15, 0.2) is 18.2 Å². The third kappa shape index (κ3) is 7.04. The van der Waals surface area contributed by atoms with Crippen LogP contribution in [-0.4, -0.2) is 39.1 Å². The molecule has 0 aliphatic heterocycles. The molecule has 0 heterocycles. The van der Waals surface area contributed by atoms with Gasteiger partial charge in [-0.25, -0.2) is 0 Å². The zero-order chi connectivity index (χ0) is 17.1. The second-order valence-corrected chi connectivity index (χ2v) is 5.16. The lowest BCUT2D eigenvalue weighted by Crippen LogP contribution is -2.31. The van der Waals surface area contributed by atoms with E-state index in [1.807, 2.05) is 0 Å². The Morgan fingerprint density at radius 1 is 0.957 bits per heavy atom. The van der Waals surface area contributed by atoms with Crippen molar-refractivity contribution >= 4 is 11.8 Å². The molecular formula is C17H26N2O4. The van der Waals surface area contributed by atoms with Gasteiger partial charge in [-0.1, -0.05) is 19.8 Å². The molecule has 128 valence electrons. The van der Waals surface area contributed by atoms with Crippen LogP contribution in [0.5, 0.6) is 11.5 Å². The van der Waals surface area contributed by atoms with E-state index >= 15 is 0 Å². The molecule has 6 heteroatoms. The summed E-state index contributed by atoms with van der Waals surface area (Å²) in [5, 5.41) is 5.56. The molecule has 0 spiro atoms. The lowest BCUT2D eigenvalue weighted by molar-refractivity contribution is -0.120.